The fraction of sp³-hybridized carbons (Fsp3) is 0.222. The summed E-state index contributed by atoms with van der Waals surface area (Å²) in [5.41, 5.74) is 1.27. The largest absolute Gasteiger partial charge is 2.00 e. The van der Waals surface area contributed by atoms with E-state index >= 15 is 0 Å². The minimum atomic E-state index is 0. The van der Waals surface area contributed by atoms with Crippen molar-refractivity contribution in [3.8, 4) is 0 Å². The van der Waals surface area contributed by atoms with Crippen molar-refractivity contribution in [2.75, 3.05) is 6.26 Å². The van der Waals surface area contributed by atoms with Crippen LogP contribution in [0.3, 0.4) is 0 Å². The van der Waals surface area contributed by atoms with E-state index in [1.807, 2.05) is 24.5 Å². The summed E-state index contributed by atoms with van der Waals surface area (Å²) >= 11 is 1.52. The Balaban J connectivity index is 0. The molecule has 3 heteroatoms. The van der Waals surface area contributed by atoms with E-state index in [0.717, 1.165) is 6.54 Å². The van der Waals surface area contributed by atoms with Gasteiger partial charge in [-0.3, -0.25) is 11.9 Å². The monoisotopic (exact) mass is 218 g/mol. The van der Waals surface area contributed by atoms with Crippen LogP contribution in [0.15, 0.2) is 30.3 Å². The number of nitrogens with zero attached hydrogens (tertiary/aromatic N) is 1. The minimum absolute atomic E-state index is 0. The van der Waals surface area contributed by atoms with Gasteiger partial charge in [-0.25, -0.2) is 0 Å². The van der Waals surface area contributed by atoms with Crippen molar-refractivity contribution < 1.29 is 18.6 Å². The van der Waals surface area contributed by atoms with Crippen LogP contribution in [-0.4, -0.2) is 6.26 Å². The maximum Gasteiger partial charge on any atom is 2.00 e. The number of hydrogen-bond donors (Lipinski definition) is 0. The predicted octanol–water partition coefficient (Wildman–Crippen LogP) is 3.29. The molecule has 1 nitrogen and oxygen atoms in total. The topological polar surface area (TPSA) is 14.1 Å². The zero-order chi connectivity index (χ0) is 7.23. The fourth-order valence-corrected chi connectivity index (χ4v) is 1.00. The van der Waals surface area contributed by atoms with Crippen molar-refractivity contribution in [1.29, 1.82) is 0 Å². The summed E-state index contributed by atoms with van der Waals surface area (Å²) in [5, 5.41) is 0. The van der Waals surface area contributed by atoms with Gasteiger partial charge in [-0.15, -0.1) is 6.54 Å². The van der Waals surface area contributed by atoms with E-state index in [-0.39, 0.29) is 26.0 Å². The van der Waals surface area contributed by atoms with E-state index < -0.39 is 0 Å². The third-order valence-corrected chi connectivity index (χ3v) is 1.61. The molecule has 1 aromatic rings. The van der Waals surface area contributed by atoms with Crippen LogP contribution >= 0.6 is 11.9 Å². The molecule has 1 rings (SSSR count). The van der Waals surface area contributed by atoms with Crippen LogP contribution in [0.25, 0.3) is 4.72 Å². The first-order valence-electron chi connectivity index (χ1n) is 3.17. The van der Waals surface area contributed by atoms with Crippen molar-refractivity contribution in [2.24, 2.45) is 0 Å². The molecule has 1 aromatic carbocycles. The van der Waals surface area contributed by atoms with Crippen molar-refractivity contribution in [1.82, 2.24) is 0 Å². The van der Waals surface area contributed by atoms with Gasteiger partial charge in [0.05, 0.1) is 0 Å². The molecule has 0 saturated carbocycles. The van der Waals surface area contributed by atoms with E-state index in [1.54, 1.807) is 0 Å². The first-order chi connectivity index (χ1) is 4.93. The maximum atomic E-state index is 4.16. The van der Waals surface area contributed by atoms with Crippen LogP contribution in [-0.2, 0) is 25.1 Å². The van der Waals surface area contributed by atoms with E-state index in [9.17, 15) is 0 Å². The van der Waals surface area contributed by atoms with Crippen LogP contribution in [0.4, 0.5) is 0 Å². The van der Waals surface area contributed by atoms with Crippen LogP contribution < -0.4 is 0 Å². The zero-order valence-electron chi connectivity index (χ0n) is 7.40. The molecule has 0 heterocycles. The molecular weight excluding hydrogens is 205 g/mol. The van der Waals surface area contributed by atoms with Gasteiger partial charge in [0, 0.05) is 0 Å². The summed E-state index contributed by atoms with van der Waals surface area (Å²) in [5.74, 6) is 0. The number of rotatable bonds is 3. The second-order valence-electron chi connectivity index (χ2n) is 1.96. The molecule has 0 aliphatic carbocycles. The molecule has 0 aromatic heterocycles. The Morgan fingerprint density at radius 2 is 1.83 bits per heavy atom. The molecule has 0 amide bonds. The van der Waals surface area contributed by atoms with Crippen molar-refractivity contribution in [2.45, 2.75) is 6.54 Å². The Kier molecular flexibility index (Phi) is 11.2. The third kappa shape index (κ3) is 5.73. The van der Waals surface area contributed by atoms with Gasteiger partial charge in [0.25, 0.3) is 0 Å². The summed E-state index contributed by atoms with van der Waals surface area (Å²) in [6.45, 7) is 0.821. The normalized spacial score (nSPS) is 8.08. The van der Waals surface area contributed by atoms with E-state index in [2.05, 4.69) is 16.9 Å². The Morgan fingerprint density at radius 1 is 1.25 bits per heavy atom. The van der Waals surface area contributed by atoms with Gasteiger partial charge in [0.2, 0.25) is 0 Å². The van der Waals surface area contributed by atoms with Gasteiger partial charge in [0.15, 0.2) is 0 Å². The van der Waals surface area contributed by atoms with E-state index in [1.165, 1.54) is 17.5 Å². The van der Waals surface area contributed by atoms with Gasteiger partial charge in [-0.1, -0.05) is 35.9 Å². The van der Waals surface area contributed by atoms with Gasteiger partial charge in [-0.05, 0) is 6.26 Å². The molecular formula is C9H13NSV. The molecule has 0 unspecified atom stereocenters. The van der Waals surface area contributed by atoms with Crippen LogP contribution in [0, 0.1) is 7.43 Å². The summed E-state index contributed by atoms with van der Waals surface area (Å²) in [4.78, 5) is 0. The number of benzene rings is 1. The Hall–Kier alpha value is 0.114. The third-order valence-electron chi connectivity index (χ3n) is 1.22. The summed E-state index contributed by atoms with van der Waals surface area (Å²) in [6, 6.07) is 10.2. The molecule has 12 heavy (non-hydrogen) atoms. The van der Waals surface area contributed by atoms with Gasteiger partial charge in [0.1, 0.15) is 0 Å². The molecule has 0 fully saturated rings. The van der Waals surface area contributed by atoms with Crippen LogP contribution in [0.2, 0.25) is 0 Å². The summed E-state index contributed by atoms with van der Waals surface area (Å²) in [6.07, 6.45) is 1.98. The molecule has 65 valence electrons. The summed E-state index contributed by atoms with van der Waals surface area (Å²) in [7, 11) is 0. The van der Waals surface area contributed by atoms with Gasteiger partial charge in [-0.2, -0.15) is 0 Å². The van der Waals surface area contributed by atoms with E-state index in [0.29, 0.717) is 0 Å². The molecule has 0 bridgehead atoms. The fourth-order valence-electron chi connectivity index (χ4n) is 0.723. The van der Waals surface area contributed by atoms with E-state index in [4.69, 9.17) is 0 Å². The molecule has 0 atom stereocenters. The average molecular weight is 218 g/mol. The molecule has 0 aliphatic heterocycles. The first kappa shape index (κ1) is 14.6. The quantitative estimate of drug-likeness (QED) is 0.561. The van der Waals surface area contributed by atoms with Crippen LogP contribution in [0.5, 0.6) is 0 Å². The van der Waals surface area contributed by atoms with Gasteiger partial charge < -0.3 is 12.1 Å². The first-order valence-corrected chi connectivity index (χ1v) is 4.35. The maximum absolute atomic E-state index is 4.16. The Bertz CT molecular complexity index is 179. The van der Waals surface area contributed by atoms with Crippen molar-refractivity contribution in [3.05, 3.63) is 48.0 Å². The summed E-state index contributed by atoms with van der Waals surface area (Å²) < 4.78 is 4.16. The molecule has 0 spiro atoms. The second-order valence-corrected chi connectivity index (χ2v) is 2.58. The van der Waals surface area contributed by atoms with Crippen molar-refractivity contribution >= 4 is 11.9 Å². The molecule has 1 radical (unpaired) electrons. The molecule has 0 saturated heterocycles. The standard InChI is InChI=1S/C8H10NS.CH3.V/c1-10-9-7-8-5-3-2-4-6-8;;/h2-6H,7H2,1H3;1H3;/q2*-1;+2. The smallest absolute Gasteiger partial charge is 0.603 e. The average Bonchev–Trinajstić information content (AvgIpc) is 2.03. The predicted molar refractivity (Wildman–Crippen MR) is 53.4 cm³/mol. The number of hydrogen-bond acceptors (Lipinski definition) is 1. The van der Waals surface area contributed by atoms with Gasteiger partial charge >= 0.3 is 18.6 Å². The molecule has 0 aliphatic rings. The minimum Gasteiger partial charge on any atom is -0.603 e. The second kappa shape index (κ2) is 9.20. The SMILES string of the molecule is CS[N-]Cc1ccccc1.[CH3-].[V+2]. The molecule has 0 N–H and O–H groups in total. The Labute approximate surface area is 91.3 Å². The van der Waals surface area contributed by atoms with Crippen molar-refractivity contribution in [3.63, 3.8) is 0 Å². The van der Waals surface area contributed by atoms with Crippen LogP contribution in [0.1, 0.15) is 5.56 Å². The Morgan fingerprint density at radius 3 is 2.33 bits per heavy atom. The zero-order valence-corrected chi connectivity index (χ0v) is 9.61.